The van der Waals surface area contributed by atoms with Crippen molar-refractivity contribution in [3.63, 3.8) is 0 Å². The average molecular weight is 353 g/mol. The number of carbonyl (C=O) groups is 1. The quantitative estimate of drug-likeness (QED) is 0.745. The molecule has 0 heterocycles. The van der Waals surface area contributed by atoms with Gasteiger partial charge in [-0.2, -0.15) is 0 Å². The maximum atomic E-state index is 11.9. The van der Waals surface area contributed by atoms with Crippen LogP contribution in [0, 0.1) is 0 Å². The molecular weight excluding hydrogens is 335 g/mol. The lowest BCUT2D eigenvalue weighted by atomic mass is 10.1. The average Bonchev–Trinajstić information content (AvgIpc) is 2.55. The highest BCUT2D eigenvalue weighted by Crippen LogP contribution is 2.29. The zero-order valence-corrected chi connectivity index (χ0v) is 14.2. The molecule has 0 aliphatic carbocycles. The third-order valence-corrected chi connectivity index (χ3v) is 3.87. The van der Waals surface area contributed by atoms with Gasteiger partial charge in [-0.25, -0.2) is 0 Å². The summed E-state index contributed by atoms with van der Waals surface area (Å²) in [6.07, 6.45) is 0.803. The van der Waals surface area contributed by atoms with Crippen LogP contribution in [-0.4, -0.2) is 26.1 Å². The number of anilines is 1. The van der Waals surface area contributed by atoms with Gasteiger partial charge in [0.05, 0.1) is 29.4 Å². The highest BCUT2D eigenvalue weighted by molar-refractivity contribution is 6.39. The number of hydrogen-bond donors (Lipinski definition) is 2. The van der Waals surface area contributed by atoms with Crippen LogP contribution in [0.3, 0.4) is 0 Å². The molecule has 2 aromatic rings. The molecule has 0 saturated heterocycles. The smallest absolute Gasteiger partial charge is 0.238 e. The van der Waals surface area contributed by atoms with Crippen LogP contribution in [0.25, 0.3) is 0 Å². The van der Waals surface area contributed by atoms with E-state index in [9.17, 15) is 4.79 Å². The van der Waals surface area contributed by atoms with E-state index in [1.165, 1.54) is 0 Å². The summed E-state index contributed by atoms with van der Waals surface area (Å²) in [5.74, 6) is 0.638. The maximum absolute atomic E-state index is 11.9. The van der Waals surface area contributed by atoms with Gasteiger partial charge >= 0.3 is 0 Å². The van der Waals surface area contributed by atoms with E-state index < -0.39 is 0 Å². The van der Waals surface area contributed by atoms with Crippen molar-refractivity contribution in [2.75, 3.05) is 25.5 Å². The lowest BCUT2D eigenvalue weighted by Crippen LogP contribution is -2.29. The van der Waals surface area contributed by atoms with Gasteiger partial charge in [0.25, 0.3) is 0 Å². The summed E-state index contributed by atoms with van der Waals surface area (Å²) in [4.78, 5) is 11.9. The predicted molar refractivity (Wildman–Crippen MR) is 94.7 cm³/mol. The molecule has 2 rings (SSSR count). The minimum Gasteiger partial charge on any atom is -0.497 e. The Labute approximate surface area is 145 Å². The number of amides is 1. The van der Waals surface area contributed by atoms with Crippen LogP contribution in [0.1, 0.15) is 5.56 Å². The van der Waals surface area contributed by atoms with Crippen LogP contribution < -0.4 is 15.4 Å². The minimum absolute atomic E-state index is 0.186. The summed E-state index contributed by atoms with van der Waals surface area (Å²) in [5, 5.41) is 6.64. The van der Waals surface area contributed by atoms with Crippen LogP contribution in [0.5, 0.6) is 5.75 Å². The molecule has 0 unspecified atom stereocenters. The fourth-order valence-corrected chi connectivity index (χ4v) is 2.56. The number of methoxy groups -OCH3 is 1. The van der Waals surface area contributed by atoms with Crippen molar-refractivity contribution < 1.29 is 9.53 Å². The molecule has 0 aliphatic rings. The Balaban J connectivity index is 1.76. The van der Waals surface area contributed by atoms with Gasteiger partial charge in [-0.1, -0.05) is 41.4 Å². The molecule has 23 heavy (non-hydrogen) atoms. The van der Waals surface area contributed by atoms with Crippen LogP contribution >= 0.6 is 23.2 Å². The van der Waals surface area contributed by atoms with E-state index in [1.54, 1.807) is 25.3 Å². The summed E-state index contributed by atoms with van der Waals surface area (Å²) >= 11 is 12.0. The SMILES string of the molecule is COc1cccc(CCNCC(=O)Nc2c(Cl)cccc2Cl)c1. The summed E-state index contributed by atoms with van der Waals surface area (Å²) in [6, 6.07) is 12.9. The van der Waals surface area contributed by atoms with Crippen molar-refractivity contribution in [2.24, 2.45) is 0 Å². The Morgan fingerprint density at radius 1 is 1.13 bits per heavy atom. The number of nitrogens with one attached hydrogen (secondary N) is 2. The summed E-state index contributed by atoms with van der Waals surface area (Å²) in [5.41, 5.74) is 1.59. The molecule has 2 aromatic carbocycles. The first-order valence-corrected chi connectivity index (χ1v) is 7.93. The van der Waals surface area contributed by atoms with Crippen molar-refractivity contribution in [3.05, 3.63) is 58.1 Å². The number of rotatable bonds is 7. The molecule has 1 amide bonds. The fraction of sp³-hybridized carbons (Fsp3) is 0.235. The third kappa shape index (κ3) is 5.43. The van der Waals surface area contributed by atoms with Crippen molar-refractivity contribution in [3.8, 4) is 5.75 Å². The van der Waals surface area contributed by atoms with Crippen molar-refractivity contribution in [1.29, 1.82) is 0 Å². The Kier molecular flexibility index (Phi) is 6.71. The molecule has 0 radical (unpaired) electrons. The van der Waals surface area contributed by atoms with Gasteiger partial charge in [0.15, 0.2) is 0 Å². The molecule has 122 valence electrons. The number of para-hydroxylation sites is 1. The minimum atomic E-state index is -0.189. The molecule has 0 aromatic heterocycles. The Hall–Kier alpha value is -1.75. The third-order valence-electron chi connectivity index (χ3n) is 3.24. The topological polar surface area (TPSA) is 50.4 Å². The van der Waals surface area contributed by atoms with E-state index in [0.29, 0.717) is 22.3 Å². The highest BCUT2D eigenvalue weighted by atomic mass is 35.5. The largest absolute Gasteiger partial charge is 0.497 e. The van der Waals surface area contributed by atoms with Gasteiger partial charge in [-0.3, -0.25) is 4.79 Å². The van der Waals surface area contributed by atoms with Gasteiger partial charge < -0.3 is 15.4 Å². The number of halogens is 2. The van der Waals surface area contributed by atoms with Gasteiger partial charge in [0.1, 0.15) is 5.75 Å². The number of carbonyl (C=O) groups excluding carboxylic acids is 1. The maximum Gasteiger partial charge on any atom is 0.238 e. The lowest BCUT2D eigenvalue weighted by molar-refractivity contribution is -0.115. The highest BCUT2D eigenvalue weighted by Gasteiger charge is 2.09. The molecule has 0 bridgehead atoms. The van der Waals surface area contributed by atoms with E-state index in [4.69, 9.17) is 27.9 Å². The van der Waals surface area contributed by atoms with Gasteiger partial charge in [-0.15, -0.1) is 0 Å². The first kappa shape index (κ1) is 17.6. The van der Waals surface area contributed by atoms with E-state index >= 15 is 0 Å². The fourth-order valence-electron chi connectivity index (χ4n) is 2.06. The molecule has 4 nitrogen and oxygen atoms in total. The van der Waals surface area contributed by atoms with Gasteiger partial charge in [0, 0.05) is 0 Å². The number of ether oxygens (including phenoxy) is 1. The lowest BCUT2D eigenvalue weighted by Gasteiger charge is -2.10. The van der Waals surface area contributed by atoms with Gasteiger partial charge in [0.2, 0.25) is 5.91 Å². The molecule has 6 heteroatoms. The molecule has 0 saturated carbocycles. The van der Waals surface area contributed by atoms with E-state index in [2.05, 4.69) is 10.6 Å². The zero-order chi connectivity index (χ0) is 16.7. The Morgan fingerprint density at radius 2 is 1.83 bits per heavy atom. The van der Waals surface area contributed by atoms with Crippen LogP contribution in [0.15, 0.2) is 42.5 Å². The van der Waals surface area contributed by atoms with Crippen LogP contribution in [0.2, 0.25) is 10.0 Å². The molecule has 0 spiro atoms. The Morgan fingerprint density at radius 3 is 2.52 bits per heavy atom. The Bertz CT molecular complexity index is 657. The van der Waals surface area contributed by atoms with Gasteiger partial charge in [-0.05, 0) is 42.8 Å². The van der Waals surface area contributed by atoms with Crippen molar-refractivity contribution in [1.82, 2.24) is 5.32 Å². The summed E-state index contributed by atoms with van der Waals surface area (Å²) in [7, 11) is 1.64. The first-order valence-electron chi connectivity index (χ1n) is 7.17. The second-order valence-corrected chi connectivity index (χ2v) is 5.74. The second-order valence-electron chi connectivity index (χ2n) is 4.92. The number of benzene rings is 2. The summed E-state index contributed by atoms with van der Waals surface area (Å²) < 4.78 is 5.18. The zero-order valence-electron chi connectivity index (χ0n) is 12.7. The second kappa shape index (κ2) is 8.77. The van der Waals surface area contributed by atoms with Crippen LogP contribution in [-0.2, 0) is 11.2 Å². The van der Waals surface area contributed by atoms with E-state index in [0.717, 1.165) is 17.7 Å². The standard InChI is InChI=1S/C17H18Cl2N2O2/c1-23-13-5-2-4-12(10-13)8-9-20-11-16(22)21-17-14(18)6-3-7-15(17)19/h2-7,10,20H,8-9,11H2,1H3,(H,21,22). The monoisotopic (exact) mass is 352 g/mol. The predicted octanol–water partition coefficient (Wildman–Crippen LogP) is 3.77. The molecular formula is C17H18Cl2N2O2. The van der Waals surface area contributed by atoms with E-state index in [-0.39, 0.29) is 12.5 Å². The van der Waals surface area contributed by atoms with Crippen molar-refractivity contribution >= 4 is 34.8 Å². The normalized spacial score (nSPS) is 10.4. The number of hydrogen-bond acceptors (Lipinski definition) is 3. The molecule has 2 N–H and O–H groups in total. The first-order chi connectivity index (χ1) is 11.1. The molecule has 0 aliphatic heterocycles. The molecule has 0 fully saturated rings. The van der Waals surface area contributed by atoms with E-state index in [1.807, 2.05) is 24.3 Å². The summed E-state index contributed by atoms with van der Waals surface area (Å²) in [6.45, 7) is 0.863. The van der Waals surface area contributed by atoms with Crippen LogP contribution in [0.4, 0.5) is 5.69 Å². The van der Waals surface area contributed by atoms with Crippen molar-refractivity contribution in [2.45, 2.75) is 6.42 Å². The molecule has 0 atom stereocenters.